The van der Waals surface area contributed by atoms with Crippen molar-refractivity contribution in [2.24, 2.45) is 5.73 Å². The Morgan fingerprint density at radius 2 is 2.32 bits per heavy atom. The van der Waals surface area contributed by atoms with Gasteiger partial charge in [-0.3, -0.25) is 0 Å². The number of hydrogen-bond donors (Lipinski definition) is 1. The monoisotopic (exact) mass is 258 g/mol. The first-order valence-corrected chi connectivity index (χ1v) is 6.58. The molecule has 2 aromatic rings. The highest BCUT2D eigenvalue weighted by Crippen LogP contribution is 2.23. The number of nitrogens with two attached hydrogens (primary N) is 1. The molecular weight excluding hydrogens is 240 g/mol. The van der Waals surface area contributed by atoms with Crippen LogP contribution in [0.3, 0.4) is 0 Å². The van der Waals surface area contributed by atoms with Gasteiger partial charge in [-0.2, -0.15) is 0 Å². The van der Waals surface area contributed by atoms with Crippen LogP contribution in [-0.4, -0.2) is 21.9 Å². The lowest BCUT2D eigenvalue weighted by atomic mass is 10.1. The number of ether oxygens (including phenoxy) is 1. The van der Waals surface area contributed by atoms with Crippen LogP contribution in [0.5, 0.6) is 5.75 Å². The van der Waals surface area contributed by atoms with Gasteiger partial charge in [0.25, 0.3) is 0 Å². The second-order valence-corrected chi connectivity index (χ2v) is 4.90. The quantitative estimate of drug-likeness (QED) is 0.909. The lowest BCUT2D eigenvalue weighted by molar-refractivity contribution is 0.414. The number of benzene rings is 1. The molecule has 0 radical (unpaired) electrons. The second-order valence-electron chi connectivity index (χ2n) is 4.90. The molecule has 1 aromatic heterocycles. The molecule has 0 saturated carbocycles. The Morgan fingerprint density at radius 1 is 1.42 bits per heavy atom. The molecule has 2 N–H and O–H groups in total. The molecule has 0 saturated heterocycles. The third-order valence-electron chi connectivity index (χ3n) is 3.58. The van der Waals surface area contributed by atoms with E-state index < -0.39 is 0 Å². The van der Waals surface area contributed by atoms with Crippen molar-refractivity contribution >= 4 is 0 Å². The first kappa shape index (κ1) is 12.2. The van der Waals surface area contributed by atoms with Gasteiger partial charge in [-0.15, -0.1) is 10.2 Å². The Kier molecular flexibility index (Phi) is 3.21. The van der Waals surface area contributed by atoms with Crippen LogP contribution in [0, 0.1) is 0 Å². The maximum Gasteiger partial charge on any atom is 0.149 e. The lowest BCUT2D eigenvalue weighted by Crippen LogP contribution is -2.23. The van der Waals surface area contributed by atoms with E-state index in [1.54, 1.807) is 7.11 Å². The van der Waals surface area contributed by atoms with Crippen molar-refractivity contribution in [2.75, 3.05) is 7.11 Å². The summed E-state index contributed by atoms with van der Waals surface area (Å²) in [6, 6.07) is 8.07. The highest BCUT2D eigenvalue weighted by molar-refractivity contribution is 5.30. The summed E-state index contributed by atoms with van der Waals surface area (Å²) in [5.74, 6) is 2.77. The van der Waals surface area contributed by atoms with E-state index in [9.17, 15) is 0 Å². The minimum Gasteiger partial charge on any atom is -0.497 e. The maximum absolute atomic E-state index is 6.06. The van der Waals surface area contributed by atoms with Gasteiger partial charge in [0.2, 0.25) is 0 Å². The van der Waals surface area contributed by atoms with Gasteiger partial charge in [-0.05, 0) is 30.5 Å². The molecule has 1 aliphatic rings. The first-order chi connectivity index (χ1) is 9.28. The molecule has 1 atom stereocenters. The predicted molar refractivity (Wildman–Crippen MR) is 72.0 cm³/mol. The molecule has 2 heterocycles. The molecule has 0 bridgehead atoms. The number of nitrogens with zero attached hydrogens (tertiary/aromatic N) is 3. The summed E-state index contributed by atoms with van der Waals surface area (Å²) in [7, 11) is 1.68. The molecule has 19 heavy (non-hydrogen) atoms. The van der Waals surface area contributed by atoms with E-state index in [-0.39, 0.29) is 6.04 Å². The van der Waals surface area contributed by atoms with Crippen LogP contribution in [0.15, 0.2) is 24.3 Å². The molecular formula is C14H18N4O. The average Bonchev–Trinajstić information content (AvgIpc) is 2.84. The molecule has 100 valence electrons. The molecule has 1 aromatic carbocycles. The normalized spacial score (nSPS) is 18.1. The van der Waals surface area contributed by atoms with Gasteiger partial charge in [-0.25, -0.2) is 0 Å². The Morgan fingerprint density at radius 3 is 3.16 bits per heavy atom. The largest absolute Gasteiger partial charge is 0.497 e. The summed E-state index contributed by atoms with van der Waals surface area (Å²) in [4.78, 5) is 0. The maximum atomic E-state index is 6.06. The molecule has 5 heteroatoms. The fraction of sp³-hybridized carbons (Fsp3) is 0.429. The lowest BCUT2D eigenvalue weighted by Gasteiger charge is -2.20. The number of methoxy groups -OCH3 is 1. The van der Waals surface area contributed by atoms with E-state index in [0.29, 0.717) is 0 Å². The number of aromatic nitrogens is 3. The molecule has 0 aliphatic carbocycles. The summed E-state index contributed by atoms with van der Waals surface area (Å²) in [6.45, 7) is 0.968. The van der Waals surface area contributed by atoms with E-state index in [1.807, 2.05) is 18.2 Å². The Bertz CT molecular complexity index is 579. The molecule has 1 aliphatic heterocycles. The molecule has 3 rings (SSSR count). The van der Waals surface area contributed by atoms with Crippen molar-refractivity contribution in [1.29, 1.82) is 0 Å². The summed E-state index contributed by atoms with van der Waals surface area (Å²) in [6.07, 6.45) is 2.85. The second kappa shape index (κ2) is 5.01. The van der Waals surface area contributed by atoms with Crippen molar-refractivity contribution in [2.45, 2.75) is 31.8 Å². The van der Waals surface area contributed by atoms with Gasteiger partial charge in [0.05, 0.1) is 13.2 Å². The SMILES string of the molecule is COc1cccc(Cc2nnc3n2CCCC3N)c1. The Labute approximate surface area is 112 Å². The minimum atomic E-state index is 0.0281. The van der Waals surface area contributed by atoms with Crippen molar-refractivity contribution in [3.05, 3.63) is 41.5 Å². The number of fused-ring (bicyclic) bond motifs is 1. The first-order valence-electron chi connectivity index (χ1n) is 6.58. The van der Waals surface area contributed by atoms with E-state index >= 15 is 0 Å². The molecule has 5 nitrogen and oxygen atoms in total. The van der Waals surface area contributed by atoms with E-state index in [1.165, 1.54) is 5.56 Å². The van der Waals surface area contributed by atoms with Gasteiger partial charge in [0.15, 0.2) is 0 Å². The van der Waals surface area contributed by atoms with E-state index in [0.717, 1.165) is 43.2 Å². The minimum absolute atomic E-state index is 0.0281. The van der Waals surface area contributed by atoms with Crippen LogP contribution in [0.2, 0.25) is 0 Å². The van der Waals surface area contributed by atoms with Gasteiger partial charge in [0, 0.05) is 13.0 Å². The van der Waals surface area contributed by atoms with Crippen molar-refractivity contribution in [1.82, 2.24) is 14.8 Å². The third-order valence-corrected chi connectivity index (χ3v) is 3.58. The number of rotatable bonds is 3. The number of hydrogen-bond acceptors (Lipinski definition) is 4. The standard InChI is InChI=1S/C14H18N4O/c1-19-11-5-2-4-10(8-11)9-13-16-17-14-12(15)6-3-7-18(13)14/h2,4-5,8,12H,3,6-7,9,15H2,1H3. The highest BCUT2D eigenvalue weighted by atomic mass is 16.5. The van der Waals surface area contributed by atoms with Crippen LogP contribution < -0.4 is 10.5 Å². The zero-order chi connectivity index (χ0) is 13.2. The molecule has 1 unspecified atom stereocenters. The summed E-state index contributed by atoms with van der Waals surface area (Å²) in [5, 5.41) is 8.52. The van der Waals surface area contributed by atoms with Crippen LogP contribution in [0.1, 0.15) is 36.1 Å². The van der Waals surface area contributed by atoms with Crippen molar-refractivity contribution < 1.29 is 4.74 Å². The van der Waals surface area contributed by atoms with Gasteiger partial charge >= 0.3 is 0 Å². The van der Waals surface area contributed by atoms with E-state index in [4.69, 9.17) is 10.5 Å². The fourth-order valence-electron chi connectivity index (χ4n) is 2.56. The fourth-order valence-corrected chi connectivity index (χ4v) is 2.56. The summed E-state index contributed by atoms with van der Waals surface area (Å²) >= 11 is 0. The Hall–Kier alpha value is -1.88. The zero-order valence-electron chi connectivity index (χ0n) is 11.0. The van der Waals surface area contributed by atoms with Gasteiger partial charge < -0.3 is 15.0 Å². The van der Waals surface area contributed by atoms with Crippen LogP contribution in [0.4, 0.5) is 0 Å². The predicted octanol–water partition coefficient (Wildman–Crippen LogP) is 1.67. The zero-order valence-corrected chi connectivity index (χ0v) is 11.0. The van der Waals surface area contributed by atoms with Crippen LogP contribution >= 0.6 is 0 Å². The molecule has 0 amide bonds. The van der Waals surface area contributed by atoms with Crippen LogP contribution in [0.25, 0.3) is 0 Å². The summed E-state index contributed by atoms with van der Waals surface area (Å²) in [5.41, 5.74) is 7.23. The highest BCUT2D eigenvalue weighted by Gasteiger charge is 2.22. The van der Waals surface area contributed by atoms with Crippen molar-refractivity contribution in [3.8, 4) is 5.75 Å². The molecule has 0 fully saturated rings. The Balaban J connectivity index is 1.87. The van der Waals surface area contributed by atoms with E-state index in [2.05, 4.69) is 20.8 Å². The smallest absolute Gasteiger partial charge is 0.149 e. The summed E-state index contributed by atoms with van der Waals surface area (Å²) < 4.78 is 7.40. The topological polar surface area (TPSA) is 66.0 Å². The van der Waals surface area contributed by atoms with Crippen molar-refractivity contribution in [3.63, 3.8) is 0 Å². The third kappa shape index (κ3) is 2.33. The van der Waals surface area contributed by atoms with Gasteiger partial charge in [-0.1, -0.05) is 12.1 Å². The average molecular weight is 258 g/mol. The van der Waals surface area contributed by atoms with Gasteiger partial charge in [0.1, 0.15) is 17.4 Å². The molecule has 0 spiro atoms. The van der Waals surface area contributed by atoms with Crippen LogP contribution in [-0.2, 0) is 13.0 Å².